The minimum Gasteiger partial charge on any atom is -0.296 e. The fourth-order valence-corrected chi connectivity index (χ4v) is 3.92. The molecule has 0 saturated carbocycles. The summed E-state index contributed by atoms with van der Waals surface area (Å²) < 4.78 is 1.83. The minimum atomic E-state index is -0.241. The van der Waals surface area contributed by atoms with Crippen molar-refractivity contribution in [1.29, 1.82) is 0 Å². The first-order valence-electron chi connectivity index (χ1n) is 8.06. The molecule has 4 aromatic heterocycles. The number of fused-ring (bicyclic) bond motifs is 1. The molecule has 0 spiro atoms. The van der Waals surface area contributed by atoms with E-state index in [0.717, 1.165) is 21.0 Å². The van der Waals surface area contributed by atoms with Crippen molar-refractivity contribution in [2.75, 3.05) is 5.32 Å². The van der Waals surface area contributed by atoms with E-state index in [0.29, 0.717) is 16.3 Å². The number of thiophene rings is 1. The predicted octanol–water partition coefficient (Wildman–Crippen LogP) is 4.15. The van der Waals surface area contributed by atoms with Crippen LogP contribution in [0.5, 0.6) is 0 Å². The molecule has 0 aliphatic carbocycles. The van der Waals surface area contributed by atoms with Crippen molar-refractivity contribution in [2.45, 2.75) is 26.8 Å². The number of hydrogen-bond donors (Lipinski definition) is 1. The average Bonchev–Trinajstić information content (AvgIpc) is 3.33. The fraction of sp³-hybridized carbons (Fsp3) is 0.235. The molecular weight excluding hydrogens is 368 g/mol. The van der Waals surface area contributed by atoms with Gasteiger partial charge in [-0.15, -0.1) is 21.5 Å². The highest BCUT2D eigenvalue weighted by Crippen LogP contribution is 2.29. The zero-order chi connectivity index (χ0) is 18.3. The molecule has 9 heteroatoms. The molecule has 0 fully saturated rings. The summed E-state index contributed by atoms with van der Waals surface area (Å²) in [5.74, 6) is -0.241. The molecule has 4 rings (SSSR count). The van der Waals surface area contributed by atoms with Crippen LogP contribution in [0.4, 0.5) is 5.13 Å². The maximum Gasteiger partial charge on any atom is 0.258 e. The molecule has 26 heavy (non-hydrogen) atoms. The standard InChI is InChI=1S/C17H16N6OS2/c1-9(2)23-15-12(8-18-23)11(7-13(19-15)14-5-4-6-25-14)16(24)20-17-22-21-10(3)26-17/h4-9H,1-3H3,(H,20,22,24). The molecule has 1 amide bonds. The lowest BCUT2D eigenvalue weighted by Crippen LogP contribution is -2.13. The van der Waals surface area contributed by atoms with Crippen LogP contribution in [0.3, 0.4) is 0 Å². The van der Waals surface area contributed by atoms with Crippen molar-refractivity contribution in [3.05, 3.63) is 40.3 Å². The van der Waals surface area contributed by atoms with E-state index in [4.69, 9.17) is 4.98 Å². The van der Waals surface area contributed by atoms with Gasteiger partial charge in [-0.25, -0.2) is 9.67 Å². The Kier molecular flexibility index (Phi) is 4.25. The van der Waals surface area contributed by atoms with E-state index in [-0.39, 0.29) is 11.9 Å². The lowest BCUT2D eigenvalue weighted by Gasteiger charge is -2.09. The van der Waals surface area contributed by atoms with E-state index in [1.54, 1.807) is 17.5 Å². The van der Waals surface area contributed by atoms with Crippen LogP contribution in [0.2, 0.25) is 0 Å². The number of rotatable bonds is 4. The van der Waals surface area contributed by atoms with Gasteiger partial charge in [0.1, 0.15) is 5.01 Å². The minimum absolute atomic E-state index is 0.139. The highest BCUT2D eigenvalue weighted by Gasteiger charge is 2.19. The number of amides is 1. The number of aryl methyl sites for hydroxylation is 1. The molecule has 4 aromatic rings. The quantitative estimate of drug-likeness (QED) is 0.571. The molecule has 0 saturated heterocycles. The first kappa shape index (κ1) is 16.8. The number of anilines is 1. The number of nitrogens with zero attached hydrogens (tertiary/aromatic N) is 5. The van der Waals surface area contributed by atoms with E-state index in [9.17, 15) is 4.79 Å². The highest BCUT2D eigenvalue weighted by molar-refractivity contribution is 7.15. The van der Waals surface area contributed by atoms with Crippen LogP contribution in [0.1, 0.15) is 35.3 Å². The van der Waals surface area contributed by atoms with Crippen molar-refractivity contribution in [3.8, 4) is 10.6 Å². The van der Waals surface area contributed by atoms with Crippen LogP contribution >= 0.6 is 22.7 Å². The zero-order valence-corrected chi connectivity index (χ0v) is 16.1. The second kappa shape index (κ2) is 6.58. The Balaban J connectivity index is 1.85. The number of aromatic nitrogens is 5. The second-order valence-corrected chi connectivity index (χ2v) is 8.16. The van der Waals surface area contributed by atoms with Crippen molar-refractivity contribution in [1.82, 2.24) is 25.0 Å². The third-order valence-corrected chi connectivity index (χ3v) is 5.47. The summed E-state index contributed by atoms with van der Waals surface area (Å²) >= 11 is 2.92. The number of carbonyl (C=O) groups excluding carboxylic acids is 1. The third kappa shape index (κ3) is 2.99. The van der Waals surface area contributed by atoms with Gasteiger partial charge >= 0.3 is 0 Å². The molecule has 0 atom stereocenters. The molecule has 1 N–H and O–H groups in total. The zero-order valence-electron chi connectivity index (χ0n) is 14.4. The van der Waals surface area contributed by atoms with Gasteiger partial charge in [-0.3, -0.25) is 10.1 Å². The van der Waals surface area contributed by atoms with Gasteiger partial charge in [0.25, 0.3) is 5.91 Å². The molecular formula is C17H16N6OS2. The molecule has 0 aromatic carbocycles. The summed E-state index contributed by atoms with van der Waals surface area (Å²) in [7, 11) is 0. The number of pyridine rings is 1. The fourth-order valence-electron chi connectivity index (χ4n) is 2.65. The second-order valence-electron chi connectivity index (χ2n) is 6.03. The van der Waals surface area contributed by atoms with E-state index in [2.05, 4.69) is 20.6 Å². The number of hydrogen-bond acceptors (Lipinski definition) is 7. The maximum atomic E-state index is 12.9. The number of carbonyl (C=O) groups is 1. The summed E-state index contributed by atoms with van der Waals surface area (Å²) in [6.45, 7) is 5.92. The van der Waals surface area contributed by atoms with Gasteiger partial charge in [0.2, 0.25) is 5.13 Å². The van der Waals surface area contributed by atoms with Gasteiger partial charge in [0, 0.05) is 6.04 Å². The van der Waals surface area contributed by atoms with Crippen molar-refractivity contribution < 1.29 is 4.79 Å². The van der Waals surface area contributed by atoms with Crippen molar-refractivity contribution >= 4 is 44.7 Å². The van der Waals surface area contributed by atoms with E-state index >= 15 is 0 Å². The SMILES string of the molecule is Cc1nnc(NC(=O)c2cc(-c3cccs3)nc3c2cnn3C(C)C)s1. The lowest BCUT2D eigenvalue weighted by atomic mass is 10.1. The van der Waals surface area contributed by atoms with Gasteiger partial charge in [0.15, 0.2) is 5.65 Å². The van der Waals surface area contributed by atoms with Crippen LogP contribution in [0.25, 0.3) is 21.6 Å². The molecule has 0 aliphatic rings. The van der Waals surface area contributed by atoms with Gasteiger partial charge in [-0.05, 0) is 38.3 Å². The molecule has 7 nitrogen and oxygen atoms in total. The van der Waals surface area contributed by atoms with Crippen LogP contribution in [-0.2, 0) is 0 Å². The van der Waals surface area contributed by atoms with Crippen LogP contribution in [0.15, 0.2) is 29.8 Å². The Morgan fingerprint density at radius 2 is 2.15 bits per heavy atom. The van der Waals surface area contributed by atoms with Crippen molar-refractivity contribution in [3.63, 3.8) is 0 Å². The number of nitrogens with one attached hydrogen (secondary N) is 1. The van der Waals surface area contributed by atoms with Crippen LogP contribution in [-0.4, -0.2) is 30.9 Å². The van der Waals surface area contributed by atoms with E-state index < -0.39 is 0 Å². The summed E-state index contributed by atoms with van der Waals surface area (Å²) in [6, 6.07) is 5.91. The first-order valence-corrected chi connectivity index (χ1v) is 9.76. The topological polar surface area (TPSA) is 85.6 Å². The molecule has 4 heterocycles. The third-order valence-electron chi connectivity index (χ3n) is 3.82. The Morgan fingerprint density at radius 3 is 2.81 bits per heavy atom. The Labute approximate surface area is 157 Å². The van der Waals surface area contributed by atoms with E-state index in [1.165, 1.54) is 11.3 Å². The Morgan fingerprint density at radius 1 is 1.31 bits per heavy atom. The van der Waals surface area contributed by atoms with E-state index in [1.807, 2.05) is 49.0 Å². The molecule has 0 radical (unpaired) electrons. The Hall–Kier alpha value is -2.65. The molecule has 132 valence electrons. The van der Waals surface area contributed by atoms with Crippen LogP contribution in [0, 0.1) is 6.92 Å². The average molecular weight is 384 g/mol. The Bertz CT molecular complexity index is 1080. The largest absolute Gasteiger partial charge is 0.296 e. The molecule has 0 aliphatic heterocycles. The smallest absolute Gasteiger partial charge is 0.258 e. The summed E-state index contributed by atoms with van der Waals surface area (Å²) in [6.07, 6.45) is 1.70. The maximum absolute atomic E-state index is 12.9. The lowest BCUT2D eigenvalue weighted by molar-refractivity contribution is 0.102. The summed E-state index contributed by atoms with van der Waals surface area (Å²) in [5.41, 5.74) is 1.98. The van der Waals surface area contributed by atoms with Gasteiger partial charge in [-0.1, -0.05) is 17.4 Å². The summed E-state index contributed by atoms with van der Waals surface area (Å²) in [4.78, 5) is 18.7. The van der Waals surface area contributed by atoms with Gasteiger partial charge in [-0.2, -0.15) is 5.10 Å². The predicted molar refractivity (Wildman–Crippen MR) is 104 cm³/mol. The normalized spacial score (nSPS) is 11.4. The van der Waals surface area contributed by atoms with Crippen molar-refractivity contribution in [2.24, 2.45) is 0 Å². The van der Waals surface area contributed by atoms with Crippen LogP contribution < -0.4 is 5.32 Å². The molecule has 0 unspecified atom stereocenters. The monoisotopic (exact) mass is 384 g/mol. The van der Waals surface area contributed by atoms with Gasteiger partial charge < -0.3 is 0 Å². The summed E-state index contributed by atoms with van der Waals surface area (Å²) in [5, 5.41) is 19.1. The molecule has 0 bridgehead atoms. The van der Waals surface area contributed by atoms with Gasteiger partial charge in [0.05, 0.1) is 27.7 Å². The highest BCUT2D eigenvalue weighted by atomic mass is 32.1. The first-order chi connectivity index (χ1) is 12.5.